The second-order valence-electron chi connectivity index (χ2n) is 8.66. The van der Waals surface area contributed by atoms with E-state index in [0.29, 0.717) is 29.9 Å². The van der Waals surface area contributed by atoms with Crippen LogP contribution in [0.25, 0.3) is 21.3 Å². The molecule has 6 nitrogen and oxygen atoms in total. The number of halogens is 1. The number of hydrogen-bond donors (Lipinski definition) is 1. The summed E-state index contributed by atoms with van der Waals surface area (Å²) in [5, 5.41) is 4.70. The number of aromatic nitrogens is 2. The van der Waals surface area contributed by atoms with Gasteiger partial charge in [-0.3, -0.25) is 14.6 Å². The second-order valence-corrected chi connectivity index (χ2v) is 9.86. The molecule has 2 amide bonds. The molecule has 5 rings (SSSR count). The van der Waals surface area contributed by atoms with Gasteiger partial charge in [0.25, 0.3) is 11.8 Å². The van der Waals surface area contributed by atoms with Gasteiger partial charge in [-0.15, -0.1) is 11.3 Å². The summed E-state index contributed by atoms with van der Waals surface area (Å²) >= 11 is 1.43. The normalized spacial score (nSPS) is 15.8. The molecule has 4 aromatic rings. The zero-order valence-electron chi connectivity index (χ0n) is 19.3. The van der Waals surface area contributed by atoms with Crippen molar-refractivity contribution in [3.05, 3.63) is 82.9 Å². The number of amides is 2. The van der Waals surface area contributed by atoms with Crippen LogP contribution in [0.4, 0.5) is 4.39 Å². The number of nitrogens with zero attached hydrogens (tertiary/aromatic N) is 3. The number of pyridine rings is 1. The van der Waals surface area contributed by atoms with E-state index in [9.17, 15) is 14.0 Å². The number of para-hydroxylation sites is 1. The fourth-order valence-electron chi connectivity index (χ4n) is 4.58. The molecule has 1 saturated heterocycles. The van der Waals surface area contributed by atoms with E-state index in [2.05, 4.69) is 15.3 Å². The maximum Gasteiger partial charge on any atom is 0.274 e. The Balaban J connectivity index is 1.35. The number of piperidine rings is 1. The van der Waals surface area contributed by atoms with Crippen LogP contribution in [0, 0.1) is 12.7 Å². The Bertz CT molecular complexity index is 1380. The maximum absolute atomic E-state index is 13.6. The zero-order chi connectivity index (χ0) is 24.4. The molecular formula is C27H25FN4O2S. The lowest BCUT2D eigenvalue weighted by molar-refractivity contribution is 0.0598. The molecule has 2 aromatic carbocycles. The number of likely N-dealkylation sites (tertiary alicyclic amines) is 1. The third-order valence-corrected chi connectivity index (χ3v) is 7.33. The summed E-state index contributed by atoms with van der Waals surface area (Å²) in [5.74, 6) is -0.681. The van der Waals surface area contributed by atoms with Gasteiger partial charge in [-0.2, -0.15) is 0 Å². The Morgan fingerprint density at radius 2 is 1.91 bits per heavy atom. The van der Waals surface area contributed by atoms with Crippen molar-refractivity contribution in [3.8, 4) is 10.4 Å². The van der Waals surface area contributed by atoms with Gasteiger partial charge in [0.05, 0.1) is 21.0 Å². The topological polar surface area (TPSA) is 75.2 Å². The molecule has 1 fully saturated rings. The summed E-state index contributed by atoms with van der Waals surface area (Å²) in [6, 6.07) is 15.3. The minimum Gasteiger partial charge on any atom is -0.350 e. The first kappa shape index (κ1) is 23.1. The molecule has 0 bridgehead atoms. The third kappa shape index (κ3) is 4.79. The summed E-state index contributed by atoms with van der Waals surface area (Å²) in [6.07, 6.45) is 4.36. The standard InChI is InChI=1S/C27H25FN4O2S/c1-17-31-24(25(35-17)19-10-12-20(28)13-11-19)27(34)32-15-3-2-8-21(32)16-30-26(33)22-9-4-6-18-7-5-14-29-23(18)22/h4-7,9-14,21H,2-3,8,15-16H2,1H3,(H,30,33). The molecule has 8 heteroatoms. The molecule has 1 unspecified atom stereocenters. The van der Waals surface area contributed by atoms with Crippen LogP contribution >= 0.6 is 11.3 Å². The molecule has 35 heavy (non-hydrogen) atoms. The van der Waals surface area contributed by atoms with Crippen LogP contribution in [0.15, 0.2) is 60.8 Å². The lowest BCUT2D eigenvalue weighted by Gasteiger charge is -2.35. The third-order valence-electron chi connectivity index (χ3n) is 6.31. The number of thiazole rings is 1. The molecule has 0 spiro atoms. The minimum atomic E-state index is -0.323. The Kier molecular flexibility index (Phi) is 6.55. The van der Waals surface area contributed by atoms with Gasteiger partial charge in [-0.05, 0) is 56.0 Å². The van der Waals surface area contributed by atoms with E-state index < -0.39 is 0 Å². The number of hydrogen-bond acceptors (Lipinski definition) is 5. The highest BCUT2D eigenvalue weighted by Crippen LogP contribution is 2.32. The van der Waals surface area contributed by atoms with Crippen molar-refractivity contribution in [1.82, 2.24) is 20.2 Å². The van der Waals surface area contributed by atoms with Crippen LogP contribution in [0.1, 0.15) is 45.1 Å². The van der Waals surface area contributed by atoms with Crippen molar-refractivity contribution < 1.29 is 14.0 Å². The number of benzene rings is 2. The number of carbonyl (C=O) groups is 2. The van der Waals surface area contributed by atoms with Crippen LogP contribution in [0.3, 0.4) is 0 Å². The smallest absolute Gasteiger partial charge is 0.274 e. The molecule has 2 aromatic heterocycles. The van der Waals surface area contributed by atoms with Gasteiger partial charge in [0.2, 0.25) is 0 Å². The average molecular weight is 489 g/mol. The first-order valence-corrected chi connectivity index (χ1v) is 12.5. The molecule has 1 atom stereocenters. The van der Waals surface area contributed by atoms with Crippen molar-refractivity contribution >= 4 is 34.1 Å². The van der Waals surface area contributed by atoms with Crippen molar-refractivity contribution in [1.29, 1.82) is 0 Å². The van der Waals surface area contributed by atoms with Crippen LogP contribution in [0.5, 0.6) is 0 Å². The van der Waals surface area contributed by atoms with E-state index in [0.717, 1.165) is 40.1 Å². The number of aryl methyl sites for hydroxylation is 1. The SMILES string of the molecule is Cc1nc(C(=O)N2CCCCC2CNC(=O)c2cccc3cccnc23)c(-c2ccc(F)cc2)s1. The Labute approximate surface area is 206 Å². The van der Waals surface area contributed by atoms with Crippen LogP contribution in [0.2, 0.25) is 0 Å². The van der Waals surface area contributed by atoms with Crippen LogP contribution < -0.4 is 5.32 Å². The molecule has 1 aliphatic heterocycles. The molecule has 3 heterocycles. The van der Waals surface area contributed by atoms with Gasteiger partial charge in [0.1, 0.15) is 11.5 Å². The van der Waals surface area contributed by atoms with Crippen molar-refractivity contribution in [2.45, 2.75) is 32.2 Å². The Hall–Kier alpha value is -3.65. The summed E-state index contributed by atoms with van der Waals surface area (Å²) in [6.45, 7) is 2.82. The molecule has 0 radical (unpaired) electrons. The molecule has 178 valence electrons. The molecular weight excluding hydrogens is 463 g/mol. The van der Waals surface area contributed by atoms with Gasteiger partial charge in [0.15, 0.2) is 0 Å². The predicted octanol–water partition coefficient (Wildman–Crippen LogP) is 5.23. The summed E-state index contributed by atoms with van der Waals surface area (Å²) in [5.41, 5.74) is 2.33. The summed E-state index contributed by atoms with van der Waals surface area (Å²) in [4.78, 5) is 38.1. The van der Waals surface area contributed by atoms with Gasteiger partial charge in [-0.25, -0.2) is 9.37 Å². The van der Waals surface area contributed by atoms with Gasteiger partial charge < -0.3 is 10.2 Å². The highest BCUT2D eigenvalue weighted by atomic mass is 32.1. The number of rotatable bonds is 5. The Morgan fingerprint density at radius 3 is 2.74 bits per heavy atom. The first-order valence-electron chi connectivity index (χ1n) is 11.7. The number of nitrogens with one attached hydrogen (secondary N) is 1. The largest absolute Gasteiger partial charge is 0.350 e. The monoisotopic (exact) mass is 488 g/mol. The fraction of sp³-hybridized carbons (Fsp3) is 0.259. The average Bonchev–Trinajstić information content (AvgIpc) is 3.28. The molecule has 0 saturated carbocycles. The van der Waals surface area contributed by atoms with Gasteiger partial charge in [0, 0.05) is 30.7 Å². The molecule has 1 aliphatic rings. The summed E-state index contributed by atoms with van der Waals surface area (Å²) < 4.78 is 13.4. The van der Waals surface area contributed by atoms with E-state index in [-0.39, 0.29) is 23.7 Å². The molecule has 0 aliphatic carbocycles. The van der Waals surface area contributed by atoms with Crippen molar-refractivity contribution in [3.63, 3.8) is 0 Å². The first-order chi connectivity index (χ1) is 17.0. The molecule has 1 N–H and O–H groups in total. The predicted molar refractivity (Wildman–Crippen MR) is 135 cm³/mol. The van der Waals surface area contributed by atoms with Gasteiger partial charge >= 0.3 is 0 Å². The van der Waals surface area contributed by atoms with E-state index in [1.54, 1.807) is 24.4 Å². The Morgan fingerprint density at radius 1 is 1.11 bits per heavy atom. The van der Waals surface area contributed by atoms with Crippen LogP contribution in [-0.4, -0.2) is 45.8 Å². The number of carbonyl (C=O) groups excluding carboxylic acids is 2. The van der Waals surface area contributed by atoms with Gasteiger partial charge in [-0.1, -0.05) is 30.3 Å². The summed E-state index contributed by atoms with van der Waals surface area (Å²) in [7, 11) is 0. The maximum atomic E-state index is 13.6. The number of fused-ring (bicyclic) bond motifs is 1. The lowest BCUT2D eigenvalue weighted by atomic mass is 10.0. The lowest BCUT2D eigenvalue weighted by Crippen LogP contribution is -2.49. The quantitative estimate of drug-likeness (QED) is 0.417. The minimum absolute atomic E-state index is 0.133. The van der Waals surface area contributed by atoms with E-state index >= 15 is 0 Å². The zero-order valence-corrected chi connectivity index (χ0v) is 20.1. The van der Waals surface area contributed by atoms with Crippen molar-refractivity contribution in [2.75, 3.05) is 13.1 Å². The highest BCUT2D eigenvalue weighted by molar-refractivity contribution is 7.15. The highest BCUT2D eigenvalue weighted by Gasteiger charge is 2.31. The fourth-order valence-corrected chi connectivity index (χ4v) is 5.49. The van der Waals surface area contributed by atoms with E-state index in [1.165, 1.54) is 23.5 Å². The van der Waals surface area contributed by atoms with Crippen LogP contribution in [-0.2, 0) is 0 Å². The van der Waals surface area contributed by atoms with E-state index in [1.807, 2.05) is 36.1 Å². The van der Waals surface area contributed by atoms with Crippen molar-refractivity contribution in [2.24, 2.45) is 0 Å². The second kappa shape index (κ2) is 9.92. The van der Waals surface area contributed by atoms with E-state index in [4.69, 9.17) is 0 Å².